The van der Waals surface area contributed by atoms with Crippen LogP contribution >= 0.6 is 11.6 Å². The predicted molar refractivity (Wildman–Crippen MR) is 92.5 cm³/mol. The summed E-state index contributed by atoms with van der Waals surface area (Å²) in [4.78, 5) is 12.4. The normalized spacial score (nSPS) is 12.8. The fraction of sp³-hybridized carbons (Fsp3) is 0.611. The van der Waals surface area contributed by atoms with Crippen molar-refractivity contribution in [3.8, 4) is 5.75 Å². The van der Waals surface area contributed by atoms with E-state index < -0.39 is 5.60 Å². The number of nitrogens with one attached hydrogen (secondary N) is 1. The van der Waals surface area contributed by atoms with Gasteiger partial charge in [-0.1, -0.05) is 44.7 Å². The Balaban J connectivity index is 2.52. The van der Waals surface area contributed by atoms with Crippen LogP contribution in [0.3, 0.4) is 0 Å². The first-order valence-electron chi connectivity index (χ1n) is 8.12. The number of carbonyl (C=O) groups is 1. The molecule has 1 atom stereocenters. The lowest BCUT2D eigenvalue weighted by molar-refractivity contribution is -0.134. The number of unbranched alkanes of at least 4 members (excludes halogenated alkanes) is 1. The maximum atomic E-state index is 12.4. The largest absolute Gasteiger partial charge is 0.478 e. The van der Waals surface area contributed by atoms with Crippen LogP contribution in [0.25, 0.3) is 0 Å². The molecule has 0 aromatic heterocycles. The van der Waals surface area contributed by atoms with Crippen molar-refractivity contribution in [2.45, 2.75) is 59.0 Å². The molecule has 1 amide bonds. The Bertz CT molecular complexity index is 457. The van der Waals surface area contributed by atoms with Crippen molar-refractivity contribution in [1.82, 2.24) is 5.32 Å². The van der Waals surface area contributed by atoms with E-state index in [9.17, 15) is 4.79 Å². The van der Waals surface area contributed by atoms with Gasteiger partial charge in [0.05, 0.1) is 0 Å². The highest BCUT2D eigenvalue weighted by atomic mass is 35.5. The van der Waals surface area contributed by atoms with Gasteiger partial charge in [0.25, 0.3) is 5.91 Å². The lowest BCUT2D eigenvalue weighted by Crippen LogP contribution is -2.47. The fourth-order valence-corrected chi connectivity index (χ4v) is 2.36. The Morgan fingerprint density at radius 1 is 1.27 bits per heavy atom. The van der Waals surface area contributed by atoms with Crippen molar-refractivity contribution in [3.63, 3.8) is 0 Å². The number of hydrogen-bond acceptors (Lipinski definition) is 2. The monoisotopic (exact) mass is 325 g/mol. The van der Waals surface area contributed by atoms with Crippen LogP contribution in [0.5, 0.6) is 5.75 Å². The number of amides is 1. The third-order valence-corrected chi connectivity index (χ3v) is 4.08. The number of hydrogen-bond donors (Lipinski definition) is 1. The molecule has 0 aliphatic carbocycles. The van der Waals surface area contributed by atoms with Crippen molar-refractivity contribution < 1.29 is 9.53 Å². The molecule has 4 heteroatoms. The van der Waals surface area contributed by atoms with Crippen LogP contribution in [-0.2, 0) is 4.79 Å². The minimum absolute atomic E-state index is 0.0857. The summed E-state index contributed by atoms with van der Waals surface area (Å²) in [5.74, 6) is 1.09. The molecule has 0 fully saturated rings. The van der Waals surface area contributed by atoms with Crippen LogP contribution in [0, 0.1) is 5.92 Å². The smallest absolute Gasteiger partial charge is 0.263 e. The maximum absolute atomic E-state index is 12.4. The third-order valence-electron chi connectivity index (χ3n) is 3.83. The Kier molecular flexibility index (Phi) is 7.74. The maximum Gasteiger partial charge on any atom is 0.263 e. The molecule has 0 heterocycles. The average molecular weight is 326 g/mol. The first kappa shape index (κ1) is 18.8. The molecule has 1 aromatic carbocycles. The molecular weight excluding hydrogens is 298 g/mol. The Labute approximate surface area is 139 Å². The van der Waals surface area contributed by atoms with E-state index in [2.05, 4.69) is 19.2 Å². The van der Waals surface area contributed by atoms with Gasteiger partial charge >= 0.3 is 0 Å². The SMILES string of the molecule is CCCCC(CC)CNC(=O)C(C)(C)Oc1ccc(Cl)cc1. The van der Waals surface area contributed by atoms with E-state index in [1.54, 1.807) is 38.1 Å². The molecule has 0 bridgehead atoms. The highest BCUT2D eigenvalue weighted by Gasteiger charge is 2.30. The minimum Gasteiger partial charge on any atom is -0.478 e. The summed E-state index contributed by atoms with van der Waals surface area (Å²) < 4.78 is 5.80. The number of carbonyl (C=O) groups excluding carboxylic acids is 1. The molecule has 0 saturated heterocycles. The molecule has 1 rings (SSSR count). The van der Waals surface area contributed by atoms with Crippen molar-refractivity contribution in [1.29, 1.82) is 0 Å². The van der Waals surface area contributed by atoms with Crippen LogP contribution in [0.2, 0.25) is 5.02 Å². The van der Waals surface area contributed by atoms with E-state index in [-0.39, 0.29) is 5.91 Å². The van der Waals surface area contributed by atoms with Gasteiger partial charge in [0, 0.05) is 11.6 Å². The van der Waals surface area contributed by atoms with E-state index in [4.69, 9.17) is 16.3 Å². The van der Waals surface area contributed by atoms with Gasteiger partial charge in [-0.05, 0) is 50.5 Å². The quantitative estimate of drug-likeness (QED) is 0.706. The molecule has 1 aromatic rings. The topological polar surface area (TPSA) is 38.3 Å². The lowest BCUT2D eigenvalue weighted by Gasteiger charge is -2.26. The van der Waals surface area contributed by atoms with Crippen LogP contribution in [-0.4, -0.2) is 18.1 Å². The summed E-state index contributed by atoms with van der Waals surface area (Å²) >= 11 is 5.85. The van der Waals surface area contributed by atoms with Crippen molar-refractivity contribution in [2.75, 3.05) is 6.54 Å². The van der Waals surface area contributed by atoms with E-state index in [0.717, 1.165) is 12.8 Å². The van der Waals surface area contributed by atoms with E-state index in [0.29, 0.717) is 23.2 Å². The van der Waals surface area contributed by atoms with Crippen LogP contribution in [0.1, 0.15) is 53.4 Å². The van der Waals surface area contributed by atoms with Crippen LogP contribution in [0.4, 0.5) is 0 Å². The third kappa shape index (κ3) is 6.27. The number of ether oxygens (including phenoxy) is 1. The molecule has 1 N–H and O–H groups in total. The van der Waals surface area contributed by atoms with Crippen LogP contribution in [0.15, 0.2) is 24.3 Å². The first-order chi connectivity index (χ1) is 10.4. The number of rotatable bonds is 9. The molecule has 0 aliphatic rings. The molecular formula is C18H28ClNO2. The lowest BCUT2D eigenvalue weighted by atomic mass is 9.99. The summed E-state index contributed by atoms with van der Waals surface area (Å²) in [6.45, 7) is 8.63. The molecule has 0 saturated carbocycles. The average Bonchev–Trinajstić information content (AvgIpc) is 2.49. The molecule has 0 radical (unpaired) electrons. The van der Waals surface area contributed by atoms with E-state index in [1.807, 2.05) is 0 Å². The van der Waals surface area contributed by atoms with Gasteiger partial charge in [-0.15, -0.1) is 0 Å². The molecule has 22 heavy (non-hydrogen) atoms. The zero-order valence-electron chi connectivity index (χ0n) is 14.1. The number of benzene rings is 1. The minimum atomic E-state index is -0.906. The first-order valence-corrected chi connectivity index (χ1v) is 8.49. The number of halogens is 1. The van der Waals surface area contributed by atoms with Gasteiger partial charge in [-0.25, -0.2) is 0 Å². The summed E-state index contributed by atoms with van der Waals surface area (Å²) in [5.41, 5.74) is -0.906. The second-order valence-electron chi connectivity index (χ2n) is 6.19. The van der Waals surface area contributed by atoms with Gasteiger partial charge in [-0.2, -0.15) is 0 Å². The second kappa shape index (κ2) is 9.04. The van der Waals surface area contributed by atoms with Gasteiger partial charge in [0.2, 0.25) is 0 Å². The summed E-state index contributed by atoms with van der Waals surface area (Å²) in [6, 6.07) is 7.05. The molecule has 1 unspecified atom stereocenters. The molecule has 124 valence electrons. The predicted octanol–water partition coefficient (Wildman–Crippen LogP) is 4.83. The molecule has 3 nitrogen and oxygen atoms in total. The zero-order valence-corrected chi connectivity index (χ0v) is 14.9. The van der Waals surface area contributed by atoms with Gasteiger partial charge in [0.15, 0.2) is 5.60 Å². The standard InChI is InChI=1S/C18H28ClNO2/c1-5-7-8-14(6-2)13-20-17(21)18(3,4)22-16-11-9-15(19)10-12-16/h9-12,14H,5-8,13H2,1-4H3,(H,20,21). The Morgan fingerprint density at radius 2 is 1.91 bits per heavy atom. The Morgan fingerprint density at radius 3 is 2.45 bits per heavy atom. The van der Waals surface area contributed by atoms with Gasteiger partial charge < -0.3 is 10.1 Å². The van der Waals surface area contributed by atoms with E-state index >= 15 is 0 Å². The van der Waals surface area contributed by atoms with Crippen molar-refractivity contribution in [2.24, 2.45) is 5.92 Å². The molecule has 0 spiro atoms. The van der Waals surface area contributed by atoms with Crippen LogP contribution < -0.4 is 10.1 Å². The second-order valence-corrected chi connectivity index (χ2v) is 6.63. The highest BCUT2D eigenvalue weighted by Crippen LogP contribution is 2.21. The van der Waals surface area contributed by atoms with Gasteiger partial charge in [0.1, 0.15) is 5.75 Å². The summed E-state index contributed by atoms with van der Waals surface area (Å²) in [5, 5.41) is 3.67. The summed E-state index contributed by atoms with van der Waals surface area (Å²) in [7, 11) is 0. The van der Waals surface area contributed by atoms with Crippen molar-refractivity contribution in [3.05, 3.63) is 29.3 Å². The highest BCUT2D eigenvalue weighted by molar-refractivity contribution is 6.30. The molecule has 0 aliphatic heterocycles. The summed E-state index contributed by atoms with van der Waals surface area (Å²) in [6.07, 6.45) is 4.64. The van der Waals surface area contributed by atoms with E-state index in [1.165, 1.54) is 12.8 Å². The Hall–Kier alpha value is -1.22. The van der Waals surface area contributed by atoms with Crippen molar-refractivity contribution >= 4 is 17.5 Å². The fourth-order valence-electron chi connectivity index (χ4n) is 2.24. The van der Waals surface area contributed by atoms with Gasteiger partial charge in [-0.3, -0.25) is 4.79 Å². The zero-order chi connectivity index (χ0) is 16.6.